The Kier molecular flexibility index (Phi) is 7.65. The van der Waals surface area contributed by atoms with Crippen LogP contribution in [0.2, 0.25) is 0 Å². The molecule has 1 aliphatic rings. The zero-order valence-corrected chi connectivity index (χ0v) is 18.1. The van der Waals surface area contributed by atoms with Crippen LogP contribution in [0.4, 0.5) is 11.4 Å². The van der Waals surface area contributed by atoms with Crippen molar-refractivity contribution in [3.63, 3.8) is 0 Å². The van der Waals surface area contributed by atoms with Crippen molar-refractivity contribution in [3.05, 3.63) is 59.7 Å². The second kappa shape index (κ2) is 10.6. The minimum absolute atomic E-state index is 0.0584. The lowest BCUT2D eigenvalue weighted by Crippen LogP contribution is -2.31. The van der Waals surface area contributed by atoms with E-state index in [9.17, 15) is 14.4 Å². The molecule has 0 aliphatic carbocycles. The Hall–Kier alpha value is -3.35. The predicted octanol–water partition coefficient (Wildman–Crippen LogP) is 3.50. The van der Waals surface area contributed by atoms with E-state index in [1.165, 1.54) is 0 Å². The molecule has 7 heteroatoms. The Morgan fingerprint density at radius 2 is 1.48 bits per heavy atom. The highest BCUT2D eigenvalue weighted by molar-refractivity contribution is 5.97. The first-order valence-electron chi connectivity index (χ1n) is 10.8. The first kappa shape index (κ1) is 22.3. The number of rotatable bonds is 8. The van der Waals surface area contributed by atoms with Gasteiger partial charge in [0.2, 0.25) is 5.91 Å². The molecule has 2 aromatic carbocycles. The molecule has 1 atom stereocenters. The van der Waals surface area contributed by atoms with Gasteiger partial charge < -0.3 is 20.9 Å². The van der Waals surface area contributed by atoms with Crippen LogP contribution in [0.1, 0.15) is 53.8 Å². The van der Waals surface area contributed by atoms with Crippen molar-refractivity contribution in [1.82, 2.24) is 10.2 Å². The normalized spacial score (nSPS) is 14.1. The second-order valence-electron chi connectivity index (χ2n) is 7.84. The number of anilines is 2. The highest BCUT2D eigenvalue weighted by Gasteiger charge is 2.19. The van der Waals surface area contributed by atoms with Gasteiger partial charge in [-0.25, -0.2) is 0 Å². The summed E-state index contributed by atoms with van der Waals surface area (Å²) in [6.07, 6.45) is 2.99. The third-order valence-electron chi connectivity index (χ3n) is 5.40. The molecule has 2 aromatic rings. The van der Waals surface area contributed by atoms with Crippen molar-refractivity contribution in [2.24, 2.45) is 0 Å². The average Bonchev–Trinajstić information content (AvgIpc) is 3.33. The number of nitrogens with zero attached hydrogens (tertiary/aromatic N) is 1. The maximum Gasteiger partial charge on any atom is 0.253 e. The molecule has 0 radical (unpaired) electrons. The van der Waals surface area contributed by atoms with Crippen molar-refractivity contribution < 1.29 is 14.4 Å². The van der Waals surface area contributed by atoms with Gasteiger partial charge in [0.15, 0.2) is 0 Å². The van der Waals surface area contributed by atoms with E-state index in [-0.39, 0.29) is 30.3 Å². The zero-order chi connectivity index (χ0) is 22.2. The molecule has 0 spiro atoms. The maximum atomic E-state index is 12.4. The smallest absolute Gasteiger partial charge is 0.253 e. The molecule has 7 nitrogen and oxygen atoms in total. The first-order chi connectivity index (χ1) is 15.0. The number of nitrogens with one attached hydrogen (secondary N) is 3. The fourth-order valence-corrected chi connectivity index (χ4v) is 3.34. The Morgan fingerprint density at radius 3 is 2.10 bits per heavy atom. The fourth-order valence-electron chi connectivity index (χ4n) is 3.34. The third kappa shape index (κ3) is 6.31. The number of carbonyl (C=O) groups is 3. The molecular weight excluding hydrogens is 392 g/mol. The molecule has 1 unspecified atom stereocenters. The van der Waals surface area contributed by atoms with E-state index in [1.54, 1.807) is 48.5 Å². The van der Waals surface area contributed by atoms with E-state index in [2.05, 4.69) is 16.0 Å². The van der Waals surface area contributed by atoms with Crippen molar-refractivity contribution in [2.45, 2.75) is 39.2 Å². The second-order valence-corrected chi connectivity index (χ2v) is 7.84. The van der Waals surface area contributed by atoms with E-state index in [0.717, 1.165) is 38.0 Å². The number of likely N-dealkylation sites (tertiary alicyclic amines) is 1. The van der Waals surface area contributed by atoms with Crippen LogP contribution in [-0.2, 0) is 4.79 Å². The minimum atomic E-state index is -0.200. The van der Waals surface area contributed by atoms with E-state index >= 15 is 0 Å². The fraction of sp³-hybridized carbons (Fsp3) is 0.375. The van der Waals surface area contributed by atoms with E-state index in [4.69, 9.17) is 0 Å². The summed E-state index contributed by atoms with van der Waals surface area (Å²) in [4.78, 5) is 38.6. The molecule has 1 saturated heterocycles. The summed E-state index contributed by atoms with van der Waals surface area (Å²) in [5.74, 6) is -0.266. The Labute approximate surface area is 183 Å². The molecule has 1 aliphatic heterocycles. The van der Waals surface area contributed by atoms with Gasteiger partial charge in [-0.3, -0.25) is 14.4 Å². The topological polar surface area (TPSA) is 90.5 Å². The van der Waals surface area contributed by atoms with Gasteiger partial charge in [0.25, 0.3) is 11.8 Å². The van der Waals surface area contributed by atoms with Gasteiger partial charge in [0, 0.05) is 41.6 Å². The summed E-state index contributed by atoms with van der Waals surface area (Å²) < 4.78 is 0. The van der Waals surface area contributed by atoms with Crippen LogP contribution in [0, 0.1) is 0 Å². The maximum absolute atomic E-state index is 12.4. The van der Waals surface area contributed by atoms with Crippen molar-refractivity contribution in [2.75, 3.05) is 30.3 Å². The minimum Gasteiger partial charge on any atom is -0.376 e. The van der Waals surface area contributed by atoms with Crippen molar-refractivity contribution in [1.29, 1.82) is 0 Å². The van der Waals surface area contributed by atoms with E-state index in [1.807, 2.05) is 18.7 Å². The molecule has 31 heavy (non-hydrogen) atoms. The SMILES string of the molecule is CCC(C)NC(=O)c1ccc(NC(=O)CNc2ccc(C(=O)N3CCCC3)cc2)cc1. The summed E-state index contributed by atoms with van der Waals surface area (Å²) in [7, 11) is 0. The summed E-state index contributed by atoms with van der Waals surface area (Å²) in [5.41, 5.74) is 2.61. The first-order valence-corrected chi connectivity index (χ1v) is 10.8. The summed E-state index contributed by atoms with van der Waals surface area (Å²) in [6.45, 7) is 5.71. The van der Waals surface area contributed by atoms with Crippen molar-refractivity contribution >= 4 is 29.1 Å². The Balaban J connectivity index is 1.46. The lowest BCUT2D eigenvalue weighted by Gasteiger charge is -2.15. The van der Waals surface area contributed by atoms with Crippen LogP contribution in [0.3, 0.4) is 0 Å². The van der Waals surface area contributed by atoms with Crippen LogP contribution in [0.25, 0.3) is 0 Å². The quantitative estimate of drug-likeness (QED) is 0.607. The van der Waals surface area contributed by atoms with Gasteiger partial charge in [-0.2, -0.15) is 0 Å². The summed E-state index contributed by atoms with van der Waals surface area (Å²) in [5, 5.41) is 8.77. The van der Waals surface area contributed by atoms with Gasteiger partial charge in [-0.1, -0.05) is 6.92 Å². The van der Waals surface area contributed by atoms with Crippen LogP contribution in [0.5, 0.6) is 0 Å². The zero-order valence-electron chi connectivity index (χ0n) is 18.1. The van der Waals surface area contributed by atoms with Gasteiger partial charge in [0.05, 0.1) is 6.54 Å². The van der Waals surface area contributed by atoms with Crippen LogP contribution < -0.4 is 16.0 Å². The van der Waals surface area contributed by atoms with Gasteiger partial charge >= 0.3 is 0 Å². The lowest BCUT2D eigenvalue weighted by molar-refractivity contribution is -0.114. The molecule has 164 valence electrons. The van der Waals surface area contributed by atoms with Crippen molar-refractivity contribution in [3.8, 4) is 0 Å². The predicted molar refractivity (Wildman–Crippen MR) is 122 cm³/mol. The standard InChI is InChI=1S/C24H30N4O3/c1-3-17(2)26-23(30)18-6-12-21(13-7-18)27-22(29)16-25-20-10-8-19(9-11-20)24(31)28-14-4-5-15-28/h6-13,17,25H,3-5,14-16H2,1-2H3,(H,26,30)(H,27,29). The molecule has 3 amide bonds. The van der Waals surface area contributed by atoms with Gasteiger partial charge in [-0.15, -0.1) is 0 Å². The number of benzene rings is 2. The lowest BCUT2D eigenvalue weighted by atomic mass is 10.1. The molecule has 1 heterocycles. The summed E-state index contributed by atoms with van der Waals surface area (Å²) >= 11 is 0. The third-order valence-corrected chi connectivity index (χ3v) is 5.40. The average molecular weight is 423 g/mol. The van der Waals surface area contributed by atoms with Crippen LogP contribution >= 0.6 is 0 Å². The molecule has 3 rings (SSSR count). The Bertz CT molecular complexity index is 903. The largest absolute Gasteiger partial charge is 0.376 e. The van der Waals surface area contributed by atoms with Crippen LogP contribution in [-0.4, -0.2) is 48.3 Å². The molecule has 0 aromatic heterocycles. The Morgan fingerprint density at radius 1 is 0.903 bits per heavy atom. The number of carbonyl (C=O) groups excluding carboxylic acids is 3. The van der Waals surface area contributed by atoms with E-state index in [0.29, 0.717) is 16.8 Å². The van der Waals surface area contributed by atoms with Gasteiger partial charge in [-0.05, 0) is 74.7 Å². The number of hydrogen-bond acceptors (Lipinski definition) is 4. The van der Waals surface area contributed by atoms with Crippen LogP contribution in [0.15, 0.2) is 48.5 Å². The highest BCUT2D eigenvalue weighted by atomic mass is 16.2. The van der Waals surface area contributed by atoms with Gasteiger partial charge in [0.1, 0.15) is 0 Å². The molecule has 0 saturated carbocycles. The highest BCUT2D eigenvalue weighted by Crippen LogP contribution is 2.15. The number of hydrogen-bond donors (Lipinski definition) is 3. The monoisotopic (exact) mass is 422 g/mol. The summed E-state index contributed by atoms with van der Waals surface area (Å²) in [6, 6.07) is 14.1. The molecule has 1 fully saturated rings. The number of amides is 3. The molecular formula is C24H30N4O3. The molecule has 3 N–H and O–H groups in total. The van der Waals surface area contributed by atoms with E-state index < -0.39 is 0 Å². The molecule has 0 bridgehead atoms.